The predicted octanol–water partition coefficient (Wildman–Crippen LogP) is 1.21. The molecule has 0 aromatic carbocycles. The molecule has 22 heavy (non-hydrogen) atoms. The number of nitrogens with zero attached hydrogens (tertiary/aromatic N) is 1. The van der Waals surface area contributed by atoms with Crippen molar-refractivity contribution in [2.75, 3.05) is 39.5 Å². The van der Waals surface area contributed by atoms with Gasteiger partial charge in [0.2, 0.25) is 0 Å². The molecule has 4 heterocycles. The van der Waals surface area contributed by atoms with Crippen LogP contribution in [-0.2, 0) is 9.47 Å². The van der Waals surface area contributed by atoms with E-state index >= 15 is 0 Å². The molecular formula is C16H22N2O3S. The number of thiophene rings is 1. The van der Waals surface area contributed by atoms with Crippen molar-refractivity contribution in [1.82, 2.24) is 10.2 Å². The summed E-state index contributed by atoms with van der Waals surface area (Å²) in [7, 11) is 0. The van der Waals surface area contributed by atoms with Crippen molar-refractivity contribution in [1.29, 1.82) is 0 Å². The Hall–Kier alpha value is -0.950. The van der Waals surface area contributed by atoms with Crippen molar-refractivity contribution in [3.63, 3.8) is 0 Å². The molecule has 0 bridgehead atoms. The lowest BCUT2D eigenvalue weighted by atomic mass is 9.99. The maximum atomic E-state index is 12.3. The van der Waals surface area contributed by atoms with Crippen LogP contribution in [0.5, 0.6) is 0 Å². The van der Waals surface area contributed by atoms with Crippen LogP contribution in [0.2, 0.25) is 0 Å². The van der Waals surface area contributed by atoms with Crippen LogP contribution in [0, 0.1) is 11.8 Å². The smallest absolute Gasteiger partial charge is 0.252 e. The normalized spacial score (nSPS) is 34.9. The second-order valence-corrected chi connectivity index (χ2v) is 7.32. The van der Waals surface area contributed by atoms with Gasteiger partial charge in [-0.25, -0.2) is 0 Å². The number of amides is 1. The van der Waals surface area contributed by atoms with Gasteiger partial charge >= 0.3 is 0 Å². The number of rotatable bonds is 4. The van der Waals surface area contributed by atoms with E-state index in [0.29, 0.717) is 17.9 Å². The van der Waals surface area contributed by atoms with Crippen LogP contribution in [0.1, 0.15) is 16.8 Å². The van der Waals surface area contributed by atoms with E-state index in [9.17, 15) is 4.79 Å². The summed E-state index contributed by atoms with van der Waals surface area (Å²) in [5.41, 5.74) is 0.767. The molecule has 0 saturated carbocycles. The van der Waals surface area contributed by atoms with Crippen LogP contribution in [0.3, 0.4) is 0 Å². The van der Waals surface area contributed by atoms with E-state index in [2.05, 4.69) is 10.2 Å². The number of fused-ring (bicyclic) bond motifs is 1. The van der Waals surface area contributed by atoms with Crippen LogP contribution < -0.4 is 5.32 Å². The van der Waals surface area contributed by atoms with Gasteiger partial charge in [-0.1, -0.05) is 0 Å². The van der Waals surface area contributed by atoms with Crippen LogP contribution in [0.15, 0.2) is 16.8 Å². The molecule has 0 radical (unpaired) electrons. The number of hydrogen-bond acceptors (Lipinski definition) is 5. The van der Waals surface area contributed by atoms with Gasteiger partial charge in [-0.05, 0) is 23.8 Å². The SMILES string of the molecule is O=C(N[C@@H]1CN(C[C@@H]2CCOC2)[C@@H]2COC[C@@H]21)c1ccsc1. The van der Waals surface area contributed by atoms with Crippen LogP contribution in [-0.4, -0.2) is 62.4 Å². The first-order valence-electron chi connectivity index (χ1n) is 8.04. The Kier molecular flexibility index (Phi) is 4.17. The van der Waals surface area contributed by atoms with E-state index in [1.165, 1.54) is 0 Å². The maximum absolute atomic E-state index is 12.3. The second kappa shape index (κ2) is 6.28. The van der Waals surface area contributed by atoms with Crippen LogP contribution >= 0.6 is 11.3 Å². The first kappa shape index (κ1) is 14.6. The number of carbonyl (C=O) groups excluding carboxylic acids is 1. The van der Waals surface area contributed by atoms with E-state index in [0.717, 1.165) is 51.5 Å². The summed E-state index contributed by atoms with van der Waals surface area (Å²) in [5.74, 6) is 1.10. The highest BCUT2D eigenvalue weighted by atomic mass is 32.1. The Labute approximate surface area is 134 Å². The fraction of sp³-hybridized carbons (Fsp3) is 0.688. The van der Waals surface area contributed by atoms with E-state index in [4.69, 9.17) is 9.47 Å². The Balaban J connectivity index is 1.41. The summed E-state index contributed by atoms with van der Waals surface area (Å²) >= 11 is 1.56. The van der Waals surface area contributed by atoms with Gasteiger partial charge in [-0.2, -0.15) is 11.3 Å². The van der Waals surface area contributed by atoms with Gasteiger partial charge in [0.15, 0.2) is 0 Å². The molecule has 1 aromatic heterocycles. The summed E-state index contributed by atoms with van der Waals surface area (Å²) in [6, 6.07) is 2.53. The molecule has 0 spiro atoms. The highest BCUT2D eigenvalue weighted by molar-refractivity contribution is 7.08. The summed E-state index contributed by atoms with van der Waals surface area (Å²) < 4.78 is 11.2. The van der Waals surface area contributed by atoms with Crippen LogP contribution in [0.25, 0.3) is 0 Å². The lowest BCUT2D eigenvalue weighted by Crippen LogP contribution is -2.41. The maximum Gasteiger partial charge on any atom is 0.252 e. The molecule has 6 heteroatoms. The van der Waals surface area contributed by atoms with Crippen LogP contribution in [0.4, 0.5) is 0 Å². The van der Waals surface area contributed by atoms with Crippen molar-refractivity contribution in [3.05, 3.63) is 22.4 Å². The van der Waals surface area contributed by atoms with Crippen molar-refractivity contribution >= 4 is 17.2 Å². The Bertz CT molecular complexity index is 515. The number of likely N-dealkylation sites (tertiary alicyclic amines) is 1. The number of nitrogens with one attached hydrogen (secondary N) is 1. The second-order valence-electron chi connectivity index (χ2n) is 6.54. The Morgan fingerprint density at radius 2 is 2.32 bits per heavy atom. The van der Waals surface area contributed by atoms with Crippen molar-refractivity contribution in [3.8, 4) is 0 Å². The fourth-order valence-corrected chi connectivity index (χ4v) is 4.55. The number of ether oxygens (including phenoxy) is 2. The van der Waals surface area contributed by atoms with Crippen molar-refractivity contribution < 1.29 is 14.3 Å². The van der Waals surface area contributed by atoms with Gasteiger partial charge < -0.3 is 14.8 Å². The zero-order chi connectivity index (χ0) is 14.9. The first-order valence-corrected chi connectivity index (χ1v) is 8.98. The lowest BCUT2D eigenvalue weighted by Gasteiger charge is -2.24. The molecule has 3 saturated heterocycles. The fourth-order valence-electron chi connectivity index (χ4n) is 3.91. The molecule has 4 rings (SSSR count). The first-order chi connectivity index (χ1) is 10.8. The van der Waals surface area contributed by atoms with Crippen molar-refractivity contribution in [2.24, 2.45) is 11.8 Å². The van der Waals surface area contributed by atoms with Gasteiger partial charge in [0.1, 0.15) is 0 Å². The minimum atomic E-state index is 0.0444. The topological polar surface area (TPSA) is 50.8 Å². The average Bonchev–Trinajstić information content (AvgIpc) is 3.27. The van der Waals surface area contributed by atoms with Gasteiger partial charge in [-0.3, -0.25) is 9.69 Å². The molecule has 0 aliphatic carbocycles. The predicted molar refractivity (Wildman–Crippen MR) is 84.2 cm³/mol. The number of carbonyl (C=O) groups is 1. The molecule has 5 nitrogen and oxygen atoms in total. The van der Waals surface area contributed by atoms with E-state index in [1.54, 1.807) is 11.3 Å². The van der Waals surface area contributed by atoms with E-state index in [-0.39, 0.29) is 11.9 Å². The van der Waals surface area contributed by atoms with Gasteiger partial charge in [0, 0.05) is 48.6 Å². The largest absolute Gasteiger partial charge is 0.381 e. The molecule has 4 atom stereocenters. The summed E-state index contributed by atoms with van der Waals surface area (Å²) in [4.78, 5) is 14.8. The summed E-state index contributed by atoms with van der Waals surface area (Å²) in [5, 5.41) is 7.07. The van der Waals surface area contributed by atoms with E-state index < -0.39 is 0 Å². The minimum absolute atomic E-state index is 0.0444. The molecule has 3 aliphatic rings. The zero-order valence-electron chi connectivity index (χ0n) is 12.6. The lowest BCUT2D eigenvalue weighted by molar-refractivity contribution is 0.0912. The Morgan fingerprint density at radius 1 is 1.36 bits per heavy atom. The highest BCUT2D eigenvalue weighted by Gasteiger charge is 2.46. The monoisotopic (exact) mass is 322 g/mol. The average molecular weight is 322 g/mol. The molecule has 1 aromatic rings. The minimum Gasteiger partial charge on any atom is -0.381 e. The highest BCUT2D eigenvalue weighted by Crippen LogP contribution is 2.32. The molecule has 0 unspecified atom stereocenters. The van der Waals surface area contributed by atoms with E-state index in [1.807, 2.05) is 16.8 Å². The number of hydrogen-bond donors (Lipinski definition) is 1. The van der Waals surface area contributed by atoms with Gasteiger partial charge in [-0.15, -0.1) is 0 Å². The molecule has 3 aliphatic heterocycles. The molecular weight excluding hydrogens is 300 g/mol. The van der Waals surface area contributed by atoms with Gasteiger partial charge in [0.05, 0.1) is 19.8 Å². The Morgan fingerprint density at radius 3 is 3.09 bits per heavy atom. The third-order valence-corrected chi connectivity index (χ3v) is 5.81. The molecule has 1 amide bonds. The zero-order valence-corrected chi connectivity index (χ0v) is 13.4. The molecule has 1 N–H and O–H groups in total. The van der Waals surface area contributed by atoms with Crippen molar-refractivity contribution in [2.45, 2.75) is 18.5 Å². The molecule has 120 valence electrons. The quantitative estimate of drug-likeness (QED) is 0.905. The molecule has 3 fully saturated rings. The van der Waals surface area contributed by atoms with Gasteiger partial charge in [0.25, 0.3) is 5.91 Å². The summed E-state index contributed by atoms with van der Waals surface area (Å²) in [6.07, 6.45) is 1.15. The summed E-state index contributed by atoms with van der Waals surface area (Å²) in [6.45, 7) is 5.32. The third-order valence-electron chi connectivity index (χ3n) is 5.13. The third kappa shape index (κ3) is 2.80. The standard InChI is InChI=1S/C16H22N2O3S/c19-16(12-2-4-22-10-12)17-14-6-18(5-11-1-3-20-7-11)15-9-21-8-13(14)15/h2,4,10-11,13-15H,1,3,5-9H2,(H,17,19)/t11-,13+,14+,15+/m0/s1.